The van der Waals surface area contributed by atoms with Crippen LogP contribution in [0.15, 0.2) is 57.9 Å². The van der Waals surface area contributed by atoms with Crippen LogP contribution in [-0.4, -0.2) is 14.5 Å². The van der Waals surface area contributed by atoms with E-state index < -0.39 is 10.0 Å². The number of nitrogens with two attached hydrogens (primary N) is 1. The zero-order valence-corrected chi connectivity index (χ0v) is 13.6. The SMILES string of the molecule is Nc1cc(S(=O)(=O)NC2CC2c2ccccc2)ccc1Br. The zero-order chi connectivity index (χ0) is 15.0. The first-order valence-corrected chi connectivity index (χ1v) is 8.87. The molecular formula is C15H15BrN2O2S. The summed E-state index contributed by atoms with van der Waals surface area (Å²) in [4.78, 5) is 0.196. The van der Waals surface area contributed by atoms with Crippen LogP contribution in [-0.2, 0) is 10.0 Å². The van der Waals surface area contributed by atoms with E-state index in [1.54, 1.807) is 12.1 Å². The Hall–Kier alpha value is -1.37. The predicted octanol–water partition coefficient (Wildman–Crippen LogP) is 2.87. The van der Waals surface area contributed by atoms with E-state index in [1.807, 2.05) is 30.3 Å². The molecule has 0 bridgehead atoms. The van der Waals surface area contributed by atoms with Gasteiger partial charge in [0.2, 0.25) is 10.0 Å². The highest BCUT2D eigenvalue weighted by atomic mass is 79.9. The van der Waals surface area contributed by atoms with E-state index in [2.05, 4.69) is 20.7 Å². The minimum atomic E-state index is -3.53. The van der Waals surface area contributed by atoms with Crippen LogP contribution in [0, 0.1) is 0 Å². The Bertz CT molecular complexity index is 762. The van der Waals surface area contributed by atoms with Crippen LogP contribution in [0.3, 0.4) is 0 Å². The summed E-state index contributed by atoms with van der Waals surface area (Å²) in [6, 6.07) is 14.6. The van der Waals surface area contributed by atoms with E-state index in [4.69, 9.17) is 5.73 Å². The summed E-state index contributed by atoms with van der Waals surface area (Å²) in [5.74, 6) is 0.258. The number of nitrogen functional groups attached to an aromatic ring is 1. The van der Waals surface area contributed by atoms with Crippen molar-refractivity contribution in [3.63, 3.8) is 0 Å². The van der Waals surface area contributed by atoms with Crippen LogP contribution in [0.25, 0.3) is 0 Å². The Morgan fingerprint density at radius 2 is 1.86 bits per heavy atom. The molecule has 0 amide bonds. The average Bonchev–Trinajstić information content (AvgIpc) is 3.21. The van der Waals surface area contributed by atoms with Crippen molar-refractivity contribution in [1.82, 2.24) is 4.72 Å². The Balaban J connectivity index is 1.75. The van der Waals surface area contributed by atoms with Gasteiger partial charge < -0.3 is 5.73 Å². The molecule has 2 aromatic rings. The van der Waals surface area contributed by atoms with Crippen molar-refractivity contribution in [2.75, 3.05) is 5.73 Å². The smallest absolute Gasteiger partial charge is 0.240 e. The van der Waals surface area contributed by atoms with Crippen molar-refractivity contribution >= 4 is 31.6 Å². The fourth-order valence-corrected chi connectivity index (χ4v) is 3.92. The van der Waals surface area contributed by atoms with Gasteiger partial charge in [-0.3, -0.25) is 0 Å². The lowest BCUT2D eigenvalue weighted by atomic mass is 10.1. The number of hydrogen-bond acceptors (Lipinski definition) is 3. The van der Waals surface area contributed by atoms with E-state index in [-0.39, 0.29) is 16.9 Å². The maximum Gasteiger partial charge on any atom is 0.240 e. The van der Waals surface area contributed by atoms with Crippen molar-refractivity contribution < 1.29 is 8.42 Å². The molecule has 0 saturated heterocycles. The van der Waals surface area contributed by atoms with Gasteiger partial charge in [0, 0.05) is 22.1 Å². The first-order chi connectivity index (χ1) is 9.97. The summed E-state index contributed by atoms with van der Waals surface area (Å²) < 4.78 is 28.1. The minimum Gasteiger partial charge on any atom is -0.398 e. The molecule has 21 heavy (non-hydrogen) atoms. The first kappa shape index (κ1) is 14.6. The molecule has 4 nitrogen and oxygen atoms in total. The van der Waals surface area contributed by atoms with Crippen molar-refractivity contribution in [2.45, 2.75) is 23.3 Å². The number of benzene rings is 2. The van der Waals surface area contributed by atoms with Gasteiger partial charge in [-0.25, -0.2) is 13.1 Å². The van der Waals surface area contributed by atoms with Gasteiger partial charge in [-0.2, -0.15) is 0 Å². The van der Waals surface area contributed by atoms with E-state index in [1.165, 1.54) is 11.6 Å². The maximum absolute atomic E-state index is 12.3. The lowest BCUT2D eigenvalue weighted by Crippen LogP contribution is -2.26. The van der Waals surface area contributed by atoms with Gasteiger partial charge in [0.25, 0.3) is 0 Å². The highest BCUT2D eigenvalue weighted by Gasteiger charge is 2.41. The number of sulfonamides is 1. The number of halogens is 1. The van der Waals surface area contributed by atoms with E-state index in [0.717, 1.165) is 6.42 Å². The van der Waals surface area contributed by atoms with Crippen LogP contribution in [0.1, 0.15) is 17.9 Å². The third kappa shape index (κ3) is 3.12. The van der Waals surface area contributed by atoms with Crippen LogP contribution in [0.4, 0.5) is 5.69 Å². The fraction of sp³-hybridized carbons (Fsp3) is 0.200. The molecule has 2 unspecified atom stereocenters. The van der Waals surface area contributed by atoms with Gasteiger partial charge in [0.1, 0.15) is 0 Å². The van der Waals surface area contributed by atoms with Gasteiger partial charge in [0.15, 0.2) is 0 Å². The van der Waals surface area contributed by atoms with Crippen molar-refractivity contribution in [1.29, 1.82) is 0 Å². The van der Waals surface area contributed by atoms with Gasteiger partial charge >= 0.3 is 0 Å². The zero-order valence-electron chi connectivity index (χ0n) is 11.2. The number of rotatable bonds is 4. The molecule has 110 valence electrons. The molecule has 1 saturated carbocycles. The molecular weight excluding hydrogens is 352 g/mol. The summed E-state index contributed by atoms with van der Waals surface area (Å²) in [5.41, 5.74) is 7.32. The molecule has 0 radical (unpaired) electrons. The lowest BCUT2D eigenvalue weighted by molar-refractivity contribution is 0.580. The highest BCUT2D eigenvalue weighted by molar-refractivity contribution is 9.10. The molecule has 0 heterocycles. The largest absolute Gasteiger partial charge is 0.398 e. The summed E-state index contributed by atoms with van der Waals surface area (Å²) in [6.07, 6.45) is 0.829. The van der Waals surface area contributed by atoms with Crippen molar-refractivity contribution in [3.8, 4) is 0 Å². The second kappa shape index (κ2) is 5.44. The number of hydrogen-bond donors (Lipinski definition) is 2. The predicted molar refractivity (Wildman–Crippen MR) is 86.5 cm³/mol. The number of anilines is 1. The van der Waals surface area contributed by atoms with E-state index in [0.29, 0.717) is 10.2 Å². The summed E-state index contributed by atoms with van der Waals surface area (Å²) in [7, 11) is -3.53. The summed E-state index contributed by atoms with van der Waals surface area (Å²) in [6.45, 7) is 0. The Kier molecular flexibility index (Phi) is 3.77. The fourth-order valence-electron chi connectivity index (χ4n) is 2.35. The van der Waals surface area contributed by atoms with Crippen molar-refractivity contribution in [2.24, 2.45) is 0 Å². The monoisotopic (exact) mass is 366 g/mol. The topological polar surface area (TPSA) is 72.2 Å². The third-order valence-electron chi connectivity index (χ3n) is 3.60. The van der Waals surface area contributed by atoms with Crippen LogP contribution in [0.5, 0.6) is 0 Å². The lowest BCUT2D eigenvalue weighted by Gasteiger charge is -2.08. The maximum atomic E-state index is 12.3. The summed E-state index contributed by atoms with van der Waals surface area (Å²) >= 11 is 3.26. The van der Waals surface area contributed by atoms with Crippen LogP contribution < -0.4 is 10.5 Å². The minimum absolute atomic E-state index is 0.0396. The number of nitrogens with one attached hydrogen (secondary N) is 1. The van der Waals surface area contributed by atoms with Crippen LogP contribution in [0.2, 0.25) is 0 Å². The van der Waals surface area contributed by atoms with E-state index in [9.17, 15) is 8.42 Å². The molecule has 2 aromatic carbocycles. The highest BCUT2D eigenvalue weighted by Crippen LogP contribution is 2.41. The standard InChI is InChI=1S/C15H15BrN2O2S/c16-13-7-6-11(8-14(13)17)21(19,20)18-15-9-12(15)10-4-2-1-3-5-10/h1-8,12,15,18H,9,17H2. The quantitative estimate of drug-likeness (QED) is 0.817. The molecule has 3 N–H and O–H groups in total. The Labute approximate surface area is 132 Å². The second-order valence-corrected chi connectivity index (χ2v) is 7.73. The molecule has 0 spiro atoms. The first-order valence-electron chi connectivity index (χ1n) is 6.60. The van der Waals surface area contributed by atoms with Crippen LogP contribution >= 0.6 is 15.9 Å². The Morgan fingerprint density at radius 1 is 1.14 bits per heavy atom. The van der Waals surface area contributed by atoms with Gasteiger partial charge in [-0.05, 0) is 46.1 Å². The van der Waals surface area contributed by atoms with E-state index >= 15 is 0 Å². The molecule has 3 rings (SSSR count). The van der Waals surface area contributed by atoms with Gasteiger partial charge in [0.05, 0.1) is 4.90 Å². The molecule has 1 aliphatic rings. The van der Waals surface area contributed by atoms with Crippen molar-refractivity contribution in [3.05, 3.63) is 58.6 Å². The van der Waals surface area contributed by atoms with Gasteiger partial charge in [-0.1, -0.05) is 30.3 Å². The molecule has 6 heteroatoms. The normalized spacial score (nSPS) is 21.2. The second-order valence-electron chi connectivity index (χ2n) is 5.16. The summed E-state index contributed by atoms with van der Waals surface area (Å²) in [5, 5.41) is 0. The molecule has 0 aromatic heterocycles. The van der Waals surface area contributed by atoms with Gasteiger partial charge in [-0.15, -0.1) is 0 Å². The molecule has 0 aliphatic heterocycles. The molecule has 1 fully saturated rings. The molecule has 1 aliphatic carbocycles. The Morgan fingerprint density at radius 3 is 2.52 bits per heavy atom. The molecule has 2 atom stereocenters. The third-order valence-corrected chi connectivity index (χ3v) is 5.81. The average molecular weight is 367 g/mol.